The van der Waals surface area contributed by atoms with E-state index in [1.165, 1.54) is 3.71 Å². The highest BCUT2D eigenvalue weighted by atomic mass is 35.5. The number of hydrogen-bond donors (Lipinski definition) is 1. The monoisotopic (exact) mass is 425 g/mol. The molecule has 0 radical (unpaired) electrons. The molecule has 0 bridgehead atoms. The molecule has 2 rings (SSSR count). The van der Waals surface area contributed by atoms with E-state index < -0.39 is 10.0 Å². The van der Waals surface area contributed by atoms with Crippen molar-refractivity contribution in [1.29, 1.82) is 0 Å². The fourth-order valence-corrected chi connectivity index (χ4v) is 5.41. The van der Waals surface area contributed by atoms with E-state index in [1.807, 2.05) is 45.0 Å². The second-order valence-corrected chi connectivity index (χ2v) is 9.61. The van der Waals surface area contributed by atoms with Crippen molar-refractivity contribution in [3.63, 3.8) is 0 Å². The summed E-state index contributed by atoms with van der Waals surface area (Å²) < 4.78 is 30.3. The third-order valence-electron chi connectivity index (χ3n) is 3.69. The lowest BCUT2D eigenvalue weighted by Crippen LogP contribution is -2.34. The second kappa shape index (κ2) is 9.71. The Balaban J connectivity index is 2.03. The number of nitrogens with one attached hydrogen (secondary N) is 1. The molecule has 0 saturated heterocycles. The zero-order valence-corrected chi connectivity index (χ0v) is 18.2. The van der Waals surface area contributed by atoms with Crippen molar-refractivity contribution in [3.05, 3.63) is 58.6 Å². The van der Waals surface area contributed by atoms with E-state index in [1.54, 1.807) is 31.3 Å². The van der Waals surface area contributed by atoms with Crippen LogP contribution in [0.25, 0.3) is 0 Å². The van der Waals surface area contributed by atoms with Crippen LogP contribution in [0.2, 0.25) is 5.02 Å². The van der Waals surface area contributed by atoms with Crippen LogP contribution in [-0.2, 0) is 10.0 Å². The van der Waals surface area contributed by atoms with E-state index in [0.717, 1.165) is 23.3 Å². The molecule has 0 fully saturated rings. The topological polar surface area (TPSA) is 61.8 Å². The van der Waals surface area contributed by atoms with Gasteiger partial charge in [0.05, 0.1) is 15.6 Å². The van der Waals surface area contributed by atoms with E-state index in [0.29, 0.717) is 22.2 Å². The molecule has 0 aliphatic rings. The molecule has 146 valence electrons. The van der Waals surface area contributed by atoms with Crippen LogP contribution >= 0.6 is 23.7 Å². The second-order valence-electron chi connectivity index (χ2n) is 6.33. The van der Waals surface area contributed by atoms with Gasteiger partial charge in [0.2, 0.25) is 0 Å². The zero-order chi connectivity index (χ0) is 20.0. The molecule has 27 heavy (non-hydrogen) atoms. The average Bonchev–Trinajstić information content (AvgIpc) is 2.59. The van der Waals surface area contributed by atoms with Crippen molar-refractivity contribution < 1.29 is 8.42 Å². The normalized spacial score (nSPS) is 12.4. The Labute approximate surface area is 171 Å². The van der Waals surface area contributed by atoms with Crippen LogP contribution in [0.4, 0.5) is 5.69 Å². The van der Waals surface area contributed by atoms with Gasteiger partial charge in [-0.1, -0.05) is 35.9 Å². The van der Waals surface area contributed by atoms with Gasteiger partial charge >= 0.3 is 0 Å². The van der Waals surface area contributed by atoms with Gasteiger partial charge in [0.25, 0.3) is 10.0 Å². The molecule has 0 unspecified atom stereocenters. The summed E-state index contributed by atoms with van der Waals surface area (Å²) in [6.45, 7) is 7.82. The lowest BCUT2D eigenvalue weighted by molar-refractivity contribution is 0.499. The highest BCUT2D eigenvalue weighted by Crippen LogP contribution is 2.27. The number of nitrogens with zero attached hydrogens (tertiary/aromatic N) is 2. The first-order valence-corrected chi connectivity index (χ1v) is 11.1. The van der Waals surface area contributed by atoms with Crippen LogP contribution in [0.15, 0.2) is 52.4 Å². The van der Waals surface area contributed by atoms with Crippen molar-refractivity contribution in [2.75, 3.05) is 6.54 Å². The number of sulfonamides is 1. The van der Waals surface area contributed by atoms with Gasteiger partial charge in [0.15, 0.2) is 0 Å². The van der Waals surface area contributed by atoms with Crippen molar-refractivity contribution in [1.82, 2.24) is 8.43 Å². The first kappa shape index (κ1) is 21.9. The number of aryl methyl sites for hydroxylation is 2. The standard InChI is InChI=1S/C19H24ClN3O2S2/c1-14(2)23(27(24,25)19-8-6-5-7-16(19)4)26-22-12-11-21-18-10-9-15(3)13-17(18)20/h5-11,13-14,22H,12H2,1-4H3. The van der Waals surface area contributed by atoms with Gasteiger partial charge in [0, 0.05) is 30.9 Å². The average molecular weight is 426 g/mol. The van der Waals surface area contributed by atoms with Crippen LogP contribution in [0.5, 0.6) is 0 Å². The predicted molar refractivity (Wildman–Crippen MR) is 115 cm³/mol. The molecule has 8 heteroatoms. The minimum absolute atomic E-state index is 0.212. The summed E-state index contributed by atoms with van der Waals surface area (Å²) in [6.07, 6.45) is 1.67. The molecule has 0 aliphatic heterocycles. The maximum Gasteiger partial charge on any atom is 0.253 e. The molecule has 0 atom stereocenters. The summed E-state index contributed by atoms with van der Waals surface area (Å²) in [7, 11) is -3.61. The molecule has 2 aromatic rings. The SMILES string of the molecule is Cc1ccc(N=CCNSN(C(C)C)S(=O)(=O)c2ccccc2C)c(Cl)c1. The number of aliphatic imine (C=N–C) groups is 1. The summed E-state index contributed by atoms with van der Waals surface area (Å²) in [5, 5.41) is 0.588. The number of hydrogen-bond acceptors (Lipinski definition) is 5. The fraction of sp³-hybridized carbons (Fsp3) is 0.316. The Morgan fingerprint density at radius 3 is 2.56 bits per heavy atom. The Kier molecular flexibility index (Phi) is 7.88. The minimum atomic E-state index is -3.61. The highest BCUT2D eigenvalue weighted by Gasteiger charge is 2.29. The van der Waals surface area contributed by atoms with Gasteiger partial charge in [0.1, 0.15) is 0 Å². The summed E-state index contributed by atoms with van der Waals surface area (Å²) in [5.74, 6) is 0. The Morgan fingerprint density at radius 2 is 1.93 bits per heavy atom. The molecular formula is C19H24ClN3O2S2. The third kappa shape index (κ3) is 5.80. The first-order valence-electron chi connectivity index (χ1n) is 8.52. The molecule has 0 heterocycles. The van der Waals surface area contributed by atoms with Gasteiger partial charge in [-0.3, -0.25) is 4.99 Å². The Bertz CT molecular complexity index is 915. The smallest absolute Gasteiger partial charge is 0.253 e. The summed E-state index contributed by atoms with van der Waals surface area (Å²) in [6, 6.07) is 12.4. The number of halogens is 1. The van der Waals surface area contributed by atoms with E-state index in [-0.39, 0.29) is 6.04 Å². The molecule has 0 amide bonds. The van der Waals surface area contributed by atoms with Gasteiger partial charge < -0.3 is 0 Å². The van der Waals surface area contributed by atoms with Crippen LogP contribution in [0, 0.1) is 13.8 Å². The van der Waals surface area contributed by atoms with Gasteiger partial charge in [-0.15, -0.1) is 3.71 Å². The lowest BCUT2D eigenvalue weighted by Gasteiger charge is -2.24. The third-order valence-corrected chi connectivity index (χ3v) is 7.61. The Morgan fingerprint density at radius 1 is 1.22 bits per heavy atom. The Hall–Kier alpha value is -1.38. The van der Waals surface area contributed by atoms with Crippen LogP contribution in [-0.4, -0.2) is 30.9 Å². The van der Waals surface area contributed by atoms with E-state index in [9.17, 15) is 8.42 Å². The maximum atomic E-state index is 13.0. The van der Waals surface area contributed by atoms with Gasteiger partial charge in [-0.2, -0.15) is 0 Å². The van der Waals surface area contributed by atoms with Crippen LogP contribution in [0.3, 0.4) is 0 Å². The molecule has 0 aromatic heterocycles. The summed E-state index contributed by atoms with van der Waals surface area (Å²) >= 11 is 7.20. The number of benzene rings is 2. The molecular weight excluding hydrogens is 402 g/mol. The zero-order valence-electron chi connectivity index (χ0n) is 15.8. The molecule has 5 nitrogen and oxygen atoms in total. The molecule has 2 aromatic carbocycles. The minimum Gasteiger partial charge on any atom is -0.258 e. The van der Waals surface area contributed by atoms with Gasteiger partial charge in [-0.05, 0) is 57.0 Å². The highest BCUT2D eigenvalue weighted by molar-refractivity contribution is 8.07. The lowest BCUT2D eigenvalue weighted by atomic mass is 10.2. The number of rotatable bonds is 8. The fourth-order valence-electron chi connectivity index (χ4n) is 2.37. The molecule has 0 spiro atoms. The van der Waals surface area contributed by atoms with Gasteiger partial charge in [-0.25, -0.2) is 13.1 Å². The molecule has 0 aliphatic carbocycles. The molecule has 1 N–H and O–H groups in total. The first-order chi connectivity index (χ1) is 12.7. The van der Waals surface area contributed by atoms with E-state index in [2.05, 4.69) is 9.71 Å². The van der Waals surface area contributed by atoms with Crippen molar-refractivity contribution in [2.45, 2.75) is 38.6 Å². The van der Waals surface area contributed by atoms with Crippen molar-refractivity contribution >= 4 is 45.7 Å². The van der Waals surface area contributed by atoms with Crippen LogP contribution < -0.4 is 4.72 Å². The van der Waals surface area contributed by atoms with Crippen molar-refractivity contribution in [2.24, 2.45) is 4.99 Å². The van der Waals surface area contributed by atoms with Crippen LogP contribution in [0.1, 0.15) is 25.0 Å². The van der Waals surface area contributed by atoms with Crippen molar-refractivity contribution in [3.8, 4) is 0 Å². The predicted octanol–water partition coefficient (Wildman–Crippen LogP) is 4.91. The van der Waals surface area contributed by atoms with E-state index in [4.69, 9.17) is 11.6 Å². The largest absolute Gasteiger partial charge is 0.258 e. The summed E-state index contributed by atoms with van der Waals surface area (Å²) in [5.41, 5.74) is 2.48. The summed E-state index contributed by atoms with van der Waals surface area (Å²) in [4.78, 5) is 4.64. The molecule has 0 saturated carbocycles. The quantitative estimate of drug-likeness (QED) is 0.370. The maximum absolute atomic E-state index is 13.0. The van der Waals surface area contributed by atoms with E-state index >= 15 is 0 Å².